The SMILES string of the molecule is CC(C)CN(CC(=O)Nc1cc(-c2ccccc2)nn1-c1ccc(F)cc1)C(=O)Nc1cccc(Br)c1. The lowest BCUT2D eigenvalue weighted by molar-refractivity contribution is -0.116. The molecule has 0 bridgehead atoms. The van der Waals surface area contributed by atoms with E-state index in [1.165, 1.54) is 17.0 Å². The van der Waals surface area contributed by atoms with Crippen LogP contribution < -0.4 is 10.6 Å². The van der Waals surface area contributed by atoms with E-state index >= 15 is 0 Å². The summed E-state index contributed by atoms with van der Waals surface area (Å²) < 4.78 is 15.9. The maximum absolute atomic E-state index is 13.5. The molecule has 0 fully saturated rings. The zero-order chi connectivity index (χ0) is 26.4. The number of nitrogens with one attached hydrogen (secondary N) is 2. The van der Waals surface area contributed by atoms with E-state index in [0.717, 1.165) is 10.0 Å². The molecule has 0 saturated carbocycles. The first kappa shape index (κ1) is 26.1. The molecule has 0 radical (unpaired) electrons. The van der Waals surface area contributed by atoms with Crippen LogP contribution in [0.4, 0.5) is 20.7 Å². The largest absolute Gasteiger partial charge is 0.322 e. The van der Waals surface area contributed by atoms with Gasteiger partial charge in [-0.1, -0.05) is 66.2 Å². The van der Waals surface area contributed by atoms with E-state index in [4.69, 9.17) is 0 Å². The van der Waals surface area contributed by atoms with Crippen molar-refractivity contribution in [1.82, 2.24) is 14.7 Å². The molecule has 0 aliphatic rings. The van der Waals surface area contributed by atoms with Crippen molar-refractivity contribution in [3.05, 3.63) is 95.2 Å². The number of carbonyl (C=O) groups is 2. The number of nitrogens with zero attached hydrogens (tertiary/aromatic N) is 3. The lowest BCUT2D eigenvalue weighted by Gasteiger charge is -2.24. The monoisotopic (exact) mass is 563 g/mol. The number of urea groups is 1. The Bertz CT molecular complexity index is 1370. The average Bonchev–Trinajstić information content (AvgIpc) is 3.28. The van der Waals surface area contributed by atoms with Crippen molar-refractivity contribution in [2.24, 2.45) is 5.92 Å². The van der Waals surface area contributed by atoms with Gasteiger partial charge in [0.25, 0.3) is 0 Å². The minimum absolute atomic E-state index is 0.149. The Morgan fingerprint density at radius 1 is 0.973 bits per heavy atom. The Kier molecular flexibility index (Phi) is 8.35. The van der Waals surface area contributed by atoms with E-state index in [0.29, 0.717) is 29.4 Å². The molecular weight excluding hydrogens is 537 g/mol. The summed E-state index contributed by atoms with van der Waals surface area (Å²) in [5.41, 5.74) is 2.72. The maximum Gasteiger partial charge on any atom is 0.322 e. The number of aromatic nitrogens is 2. The Labute approximate surface area is 223 Å². The molecule has 0 aliphatic heterocycles. The number of anilines is 2. The number of carbonyl (C=O) groups excluding carboxylic acids is 2. The first-order chi connectivity index (χ1) is 17.8. The normalized spacial score (nSPS) is 10.8. The third kappa shape index (κ3) is 7.04. The highest BCUT2D eigenvalue weighted by atomic mass is 79.9. The highest BCUT2D eigenvalue weighted by Gasteiger charge is 2.21. The van der Waals surface area contributed by atoms with Gasteiger partial charge in [0.1, 0.15) is 18.2 Å². The van der Waals surface area contributed by atoms with Crippen LogP contribution in [0.3, 0.4) is 0 Å². The van der Waals surface area contributed by atoms with Gasteiger partial charge in [-0.15, -0.1) is 0 Å². The molecule has 1 aromatic heterocycles. The van der Waals surface area contributed by atoms with Crippen LogP contribution in [0.25, 0.3) is 16.9 Å². The van der Waals surface area contributed by atoms with Crippen LogP contribution in [-0.4, -0.2) is 39.7 Å². The second-order valence-corrected chi connectivity index (χ2v) is 9.85. The van der Waals surface area contributed by atoms with E-state index in [2.05, 4.69) is 31.7 Å². The Morgan fingerprint density at radius 2 is 1.70 bits per heavy atom. The fourth-order valence-electron chi connectivity index (χ4n) is 3.78. The van der Waals surface area contributed by atoms with Gasteiger partial charge in [0.2, 0.25) is 5.91 Å². The lowest BCUT2D eigenvalue weighted by atomic mass is 10.1. The number of benzene rings is 3. The second-order valence-electron chi connectivity index (χ2n) is 8.93. The number of halogens is 2. The summed E-state index contributed by atoms with van der Waals surface area (Å²) >= 11 is 3.40. The van der Waals surface area contributed by atoms with Crippen LogP contribution in [0.15, 0.2) is 89.4 Å². The molecule has 2 N–H and O–H groups in total. The van der Waals surface area contributed by atoms with Crippen molar-refractivity contribution >= 4 is 39.4 Å². The molecule has 0 atom stereocenters. The molecule has 7 nitrogen and oxygen atoms in total. The molecule has 1 heterocycles. The van der Waals surface area contributed by atoms with Gasteiger partial charge in [0.15, 0.2) is 0 Å². The summed E-state index contributed by atoms with van der Waals surface area (Å²) in [5, 5.41) is 10.4. The summed E-state index contributed by atoms with van der Waals surface area (Å²) in [6, 6.07) is 24.0. The topological polar surface area (TPSA) is 79.3 Å². The summed E-state index contributed by atoms with van der Waals surface area (Å²) in [7, 11) is 0. The first-order valence-corrected chi connectivity index (χ1v) is 12.6. The van der Waals surface area contributed by atoms with Crippen LogP contribution in [0.5, 0.6) is 0 Å². The predicted molar refractivity (Wildman–Crippen MR) is 147 cm³/mol. The highest BCUT2D eigenvalue weighted by molar-refractivity contribution is 9.10. The van der Waals surface area contributed by atoms with Gasteiger partial charge in [0, 0.05) is 28.3 Å². The minimum Gasteiger partial charge on any atom is -0.315 e. The van der Waals surface area contributed by atoms with Crippen molar-refractivity contribution < 1.29 is 14.0 Å². The predicted octanol–water partition coefficient (Wildman–Crippen LogP) is 6.57. The molecule has 0 saturated heterocycles. The van der Waals surface area contributed by atoms with Gasteiger partial charge in [-0.3, -0.25) is 4.79 Å². The Hall–Kier alpha value is -3.98. The van der Waals surface area contributed by atoms with Crippen LogP contribution in [0.2, 0.25) is 0 Å². The molecule has 0 aliphatic carbocycles. The number of amides is 3. The third-order valence-corrected chi connectivity index (χ3v) is 5.89. The second kappa shape index (κ2) is 11.8. The molecule has 37 heavy (non-hydrogen) atoms. The van der Waals surface area contributed by atoms with Gasteiger partial charge in [-0.25, -0.2) is 13.9 Å². The van der Waals surface area contributed by atoms with Crippen LogP contribution >= 0.6 is 15.9 Å². The summed E-state index contributed by atoms with van der Waals surface area (Å²) in [6.07, 6.45) is 0. The van der Waals surface area contributed by atoms with E-state index in [9.17, 15) is 14.0 Å². The van der Waals surface area contributed by atoms with E-state index in [-0.39, 0.29) is 30.2 Å². The quantitative estimate of drug-likeness (QED) is 0.254. The number of rotatable bonds is 8. The van der Waals surface area contributed by atoms with Gasteiger partial charge >= 0.3 is 6.03 Å². The van der Waals surface area contributed by atoms with Crippen molar-refractivity contribution in [1.29, 1.82) is 0 Å². The molecule has 0 spiro atoms. The maximum atomic E-state index is 13.5. The van der Waals surface area contributed by atoms with Crippen LogP contribution in [-0.2, 0) is 4.79 Å². The standard InChI is InChI=1S/C28H27BrFN5O2/c1-19(2)17-34(28(37)31-23-10-6-9-21(29)15-23)18-27(36)32-26-16-25(20-7-4-3-5-8-20)33-35(26)24-13-11-22(30)12-14-24/h3-16,19H,17-18H2,1-2H3,(H,31,37)(H,32,36). The van der Waals surface area contributed by atoms with Crippen molar-refractivity contribution in [3.8, 4) is 16.9 Å². The molecule has 0 unspecified atom stereocenters. The molecule has 190 valence electrons. The molecule has 4 rings (SSSR count). The average molecular weight is 564 g/mol. The van der Waals surface area contributed by atoms with Crippen molar-refractivity contribution in [2.45, 2.75) is 13.8 Å². The molecular formula is C28H27BrFN5O2. The molecule has 3 aromatic carbocycles. The summed E-state index contributed by atoms with van der Waals surface area (Å²) in [5.74, 6) is -0.193. The number of hydrogen-bond donors (Lipinski definition) is 2. The Morgan fingerprint density at radius 3 is 2.38 bits per heavy atom. The zero-order valence-electron chi connectivity index (χ0n) is 20.5. The number of hydrogen-bond acceptors (Lipinski definition) is 3. The van der Waals surface area contributed by atoms with Crippen LogP contribution in [0, 0.1) is 11.7 Å². The molecule has 4 aromatic rings. The summed E-state index contributed by atoms with van der Waals surface area (Å²) in [4.78, 5) is 27.7. The molecule has 3 amide bonds. The third-order valence-electron chi connectivity index (χ3n) is 5.40. The van der Waals surface area contributed by atoms with Gasteiger partial charge in [0.05, 0.1) is 11.4 Å². The fourth-order valence-corrected chi connectivity index (χ4v) is 4.18. The van der Waals surface area contributed by atoms with Crippen LogP contribution in [0.1, 0.15) is 13.8 Å². The molecule has 9 heteroatoms. The van der Waals surface area contributed by atoms with Gasteiger partial charge < -0.3 is 15.5 Å². The first-order valence-electron chi connectivity index (χ1n) is 11.8. The zero-order valence-corrected chi connectivity index (χ0v) is 22.1. The summed E-state index contributed by atoms with van der Waals surface area (Å²) in [6.45, 7) is 4.19. The smallest absolute Gasteiger partial charge is 0.315 e. The lowest BCUT2D eigenvalue weighted by Crippen LogP contribution is -2.42. The van der Waals surface area contributed by atoms with Crippen molar-refractivity contribution in [3.63, 3.8) is 0 Å². The minimum atomic E-state index is -0.382. The van der Waals surface area contributed by atoms with Crippen molar-refractivity contribution in [2.75, 3.05) is 23.7 Å². The van der Waals surface area contributed by atoms with E-state index in [1.54, 1.807) is 35.0 Å². The van der Waals surface area contributed by atoms with E-state index < -0.39 is 0 Å². The highest BCUT2D eigenvalue weighted by Crippen LogP contribution is 2.25. The van der Waals surface area contributed by atoms with Gasteiger partial charge in [-0.05, 0) is 48.4 Å². The Balaban J connectivity index is 1.56. The van der Waals surface area contributed by atoms with E-state index in [1.807, 2.05) is 56.3 Å². The van der Waals surface area contributed by atoms with Gasteiger partial charge in [-0.2, -0.15) is 5.10 Å². The fraction of sp³-hybridized carbons (Fsp3) is 0.179.